The highest BCUT2D eigenvalue weighted by molar-refractivity contribution is 6.14. The van der Waals surface area contributed by atoms with Crippen LogP contribution in [0.1, 0.15) is 47.0 Å². The van der Waals surface area contributed by atoms with Gasteiger partial charge in [-0.05, 0) is 25.2 Å². The summed E-state index contributed by atoms with van der Waals surface area (Å²) in [4.78, 5) is 0. The van der Waals surface area contributed by atoms with Crippen LogP contribution in [0.25, 0.3) is 0 Å². The fourth-order valence-corrected chi connectivity index (χ4v) is 1.23. The summed E-state index contributed by atoms with van der Waals surface area (Å²) in [5.74, 6) is 0.766. The Morgan fingerprint density at radius 1 is 1.42 bits per heavy atom. The molecule has 68 valence electrons. The molecule has 0 N–H and O–H groups in total. The molecule has 0 atom stereocenters. The van der Waals surface area contributed by atoms with Crippen molar-refractivity contribution in [2.75, 3.05) is 0 Å². The van der Waals surface area contributed by atoms with Crippen molar-refractivity contribution in [2.24, 2.45) is 5.92 Å². The Balaban J connectivity index is 3.61. The van der Waals surface area contributed by atoms with Crippen molar-refractivity contribution in [3.05, 3.63) is 12.2 Å². The van der Waals surface area contributed by atoms with Crippen LogP contribution in [0.2, 0.25) is 5.31 Å². The van der Waals surface area contributed by atoms with Crippen LogP contribution in [-0.2, 0) is 0 Å². The van der Waals surface area contributed by atoms with Gasteiger partial charge in [0.25, 0.3) is 0 Å². The summed E-state index contributed by atoms with van der Waals surface area (Å²) in [6, 6.07) is 0. The van der Waals surface area contributed by atoms with Crippen LogP contribution >= 0.6 is 0 Å². The zero-order valence-electron chi connectivity index (χ0n) is 8.98. The van der Waals surface area contributed by atoms with Gasteiger partial charge in [-0.25, -0.2) is 0 Å². The van der Waals surface area contributed by atoms with Gasteiger partial charge in [0.1, 0.15) is 0 Å². The minimum atomic E-state index is -0.0892. The summed E-state index contributed by atoms with van der Waals surface area (Å²) in [7, 11) is 5.88. The summed E-state index contributed by atoms with van der Waals surface area (Å²) < 4.78 is 0. The van der Waals surface area contributed by atoms with E-state index in [1.165, 1.54) is 12.0 Å². The lowest BCUT2D eigenvalue weighted by Gasteiger charge is -2.20. The second-order valence-corrected chi connectivity index (χ2v) is 4.85. The third-order valence-electron chi connectivity index (χ3n) is 1.78. The van der Waals surface area contributed by atoms with Gasteiger partial charge >= 0.3 is 0 Å². The molecule has 0 saturated carbocycles. The van der Waals surface area contributed by atoms with Gasteiger partial charge in [0, 0.05) is 0 Å². The predicted octanol–water partition coefficient (Wildman–Crippen LogP) is 3.74. The van der Waals surface area contributed by atoms with E-state index in [2.05, 4.69) is 20.4 Å². The fourth-order valence-electron chi connectivity index (χ4n) is 1.23. The van der Waals surface area contributed by atoms with Crippen molar-refractivity contribution in [3.8, 4) is 0 Å². The number of allylic oxidation sites excluding steroid dienone is 1. The van der Waals surface area contributed by atoms with Crippen molar-refractivity contribution in [1.29, 1.82) is 0 Å². The topological polar surface area (TPSA) is 0 Å². The van der Waals surface area contributed by atoms with Crippen LogP contribution in [0, 0.1) is 5.92 Å². The molecule has 0 aliphatic rings. The maximum absolute atomic E-state index is 5.88. The van der Waals surface area contributed by atoms with Crippen molar-refractivity contribution >= 4 is 7.85 Å². The van der Waals surface area contributed by atoms with Gasteiger partial charge in [-0.3, -0.25) is 0 Å². The van der Waals surface area contributed by atoms with E-state index in [0.717, 1.165) is 18.8 Å². The SMILES string of the molecule is [B]C(C)(C)CC(=C)CCC(C)C. The Labute approximate surface area is 78.9 Å². The molecule has 0 unspecified atom stereocenters. The van der Waals surface area contributed by atoms with Crippen LogP contribution in [0.3, 0.4) is 0 Å². The minimum absolute atomic E-state index is 0.0892. The Bertz CT molecular complexity index is 140. The monoisotopic (exact) mass is 164 g/mol. The number of hydrogen-bond acceptors (Lipinski definition) is 0. The Kier molecular flexibility index (Phi) is 4.66. The highest BCUT2D eigenvalue weighted by Crippen LogP contribution is 2.29. The highest BCUT2D eigenvalue weighted by atomic mass is 14.1. The molecule has 0 heterocycles. The molecule has 0 rings (SSSR count). The van der Waals surface area contributed by atoms with Crippen LogP contribution in [0.15, 0.2) is 12.2 Å². The quantitative estimate of drug-likeness (QED) is 0.429. The lowest BCUT2D eigenvalue weighted by molar-refractivity contribution is 0.561. The smallest absolute Gasteiger partial charge is 0.0743 e. The molecule has 0 aliphatic carbocycles. The zero-order chi connectivity index (χ0) is 9.78. The van der Waals surface area contributed by atoms with Gasteiger partial charge in [-0.15, -0.1) is 0 Å². The van der Waals surface area contributed by atoms with Gasteiger partial charge in [0.15, 0.2) is 0 Å². The molecule has 0 aliphatic heterocycles. The molecular formula is C11H21B. The second kappa shape index (κ2) is 4.74. The summed E-state index contributed by atoms with van der Waals surface area (Å²) in [6.07, 6.45) is 3.30. The highest BCUT2D eigenvalue weighted by Gasteiger charge is 2.11. The molecule has 0 nitrogen and oxygen atoms in total. The average molecular weight is 164 g/mol. The lowest BCUT2D eigenvalue weighted by Crippen LogP contribution is -2.03. The first kappa shape index (κ1) is 11.8. The molecule has 0 aromatic rings. The molecular weight excluding hydrogens is 143 g/mol. The summed E-state index contributed by atoms with van der Waals surface area (Å²) in [5.41, 5.74) is 1.29. The number of hydrogen-bond donors (Lipinski definition) is 0. The molecule has 0 aromatic carbocycles. The van der Waals surface area contributed by atoms with Crippen LogP contribution < -0.4 is 0 Å². The van der Waals surface area contributed by atoms with E-state index in [4.69, 9.17) is 7.85 Å². The molecule has 0 saturated heterocycles. The van der Waals surface area contributed by atoms with E-state index < -0.39 is 0 Å². The van der Waals surface area contributed by atoms with Crippen molar-refractivity contribution in [3.63, 3.8) is 0 Å². The average Bonchev–Trinajstić information content (AvgIpc) is 1.79. The van der Waals surface area contributed by atoms with Crippen molar-refractivity contribution < 1.29 is 0 Å². The van der Waals surface area contributed by atoms with Crippen LogP contribution in [0.5, 0.6) is 0 Å². The molecule has 12 heavy (non-hydrogen) atoms. The Hall–Kier alpha value is -0.195. The second-order valence-electron chi connectivity index (χ2n) is 4.85. The van der Waals surface area contributed by atoms with E-state index in [-0.39, 0.29) is 5.31 Å². The van der Waals surface area contributed by atoms with Gasteiger partial charge in [-0.1, -0.05) is 45.2 Å². The summed E-state index contributed by atoms with van der Waals surface area (Å²) >= 11 is 0. The van der Waals surface area contributed by atoms with E-state index in [9.17, 15) is 0 Å². The largest absolute Gasteiger partial charge is 0.0999 e. The molecule has 0 spiro atoms. The first-order valence-electron chi connectivity index (χ1n) is 4.77. The molecule has 0 amide bonds. The molecule has 0 aromatic heterocycles. The third kappa shape index (κ3) is 7.91. The van der Waals surface area contributed by atoms with Gasteiger partial charge in [0.2, 0.25) is 0 Å². The van der Waals surface area contributed by atoms with Gasteiger partial charge in [-0.2, -0.15) is 0 Å². The first-order chi connectivity index (χ1) is 5.31. The van der Waals surface area contributed by atoms with E-state index in [1.807, 2.05) is 13.8 Å². The van der Waals surface area contributed by atoms with Crippen LogP contribution in [-0.4, -0.2) is 7.85 Å². The first-order valence-corrected chi connectivity index (χ1v) is 4.77. The van der Waals surface area contributed by atoms with Gasteiger partial charge < -0.3 is 0 Å². The summed E-state index contributed by atoms with van der Waals surface area (Å²) in [5, 5.41) is -0.0892. The van der Waals surface area contributed by atoms with E-state index in [0.29, 0.717) is 0 Å². The maximum Gasteiger partial charge on any atom is 0.0743 e. The molecule has 2 radical (unpaired) electrons. The summed E-state index contributed by atoms with van der Waals surface area (Å²) in [6.45, 7) is 12.6. The normalized spacial score (nSPS) is 12.1. The number of rotatable bonds is 5. The van der Waals surface area contributed by atoms with Crippen molar-refractivity contribution in [1.82, 2.24) is 0 Å². The Morgan fingerprint density at radius 3 is 2.25 bits per heavy atom. The predicted molar refractivity (Wildman–Crippen MR) is 57.6 cm³/mol. The maximum atomic E-state index is 5.88. The Morgan fingerprint density at radius 2 is 1.92 bits per heavy atom. The molecule has 0 fully saturated rings. The van der Waals surface area contributed by atoms with E-state index >= 15 is 0 Å². The fraction of sp³-hybridized carbons (Fsp3) is 0.818. The van der Waals surface area contributed by atoms with Crippen LogP contribution in [0.4, 0.5) is 0 Å². The molecule has 1 heteroatoms. The standard InChI is InChI=1S/C11H21B/c1-9(2)6-7-10(3)8-11(4,5)12/h9H,3,6-8H2,1-2,4-5H3. The van der Waals surface area contributed by atoms with Crippen molar-refractivity contribution in [2.45, 2.75) is 52.3 Å². The van der Waals surface area contributed by atoms with Gasteiger partial charge in [0.05, 0.1) is 7.85 Å². The lowest BCUT2D eigenvalue weighted by atomic mass is 9.68. The third-order valence-corrected chi connectivity index (χ3v) is 1.78. The molecule has 0 bridgehead atoms. The van der Waals surface area contributed by atoms with E-state index in [1.54, 1.807) is 0 Å². The zero-order valence-corrected chi connectivity index (χ0v) is 8.98. The minimum Gasteiger partial charge on any atom is -0.0999 e.